The second-order valence-corrected chi connectivity index (χ2v) is 4.11. The molecule has 1 N–H and O–H groups in total. The lowest BCUT2D eigenvalue weighted by atomic mass is 10.2. The minimum absolute atomic E-state index is 0.277. The molecule has 0 saturated heterocycles. The van der Waals surface area contributed by atoms with Gasteiger partial charge in [-0.3, -0.25) is 0 Å². The lowest BCUT2D eigenvalue weighted by Crippen LogP contribution is -2.20. The van der Waals surface area contributed by atoms with Crippen LogP contribution in [0, 0.1) is 0 Å². The van der Waals surface area contributed by atoms with Gasteiger partial charge < -0.3 is 5.11 Å². The van der Waals surface area contributed by atoms with Crippen molar-refractivity contribution < 1.29 is 14.7 Å². The Morgan fingerprint density at radius 3 is 2.69 bits per heavy atom. The fourth-order valence-electron chi connectivity index (χ4n) is 1.09. The van der Waals surface area contributed by atoms with Crippen molar-refractivity contribution in [3.05, 3.63) is 35.9 Å². The molecule has 0 bridgehead atoms. The van der Waals surface area contributed by atoms with Crippen molar-refractivity contribution in [1.29, 1.82) is 0 Å². The molecule has 1 atom stereocenters. The molecular weight excluding hydrogens is 226 g/mol. The molecule has 0 aromatic heterocycles. The Hall–Kier alpha value is -1.58. The van der Waals surface area contributed by atoms with Crippen LogP contribution >= 0.6 is 11.8 Å². The first-order chi connectivity index (χ1) is 7.74. The predicted molar refractivity (Wildman–Crippen MR) is 62.1 cm³/mol. The molecule has 16 heavy (non-hydrogen) atoms. The molecule has 84 valence electrons. The minimum atomic E-state index is -1.09. The number of thioether (sulfide) groups is 1. The molecule has 1 rings (SSSR count). The SMILES string of the molecule is O=C=NC(CSCc1ccccc1)C(=O)O. The van der Waals surface area contributed by atoms with Gasteiger partial charge in [-0.2, -0.15) is 16.8 Å². The summed E-state index contributed by atoms with van der Waals surface area (Å²) < 4.78 is 0. The molecular formula is C11H11NO3S. The molecule has 0 aliphatic rings. The number of hydrogen-bond acceptors (Lipinski definition) is 4. The highest BCUT2D eigenvalue weighted by molar-refractivity contribution is 7.98. The van der Waals surface area contributed by atoms with Gasteiger partial charge in [0, 0.05) is 11.5 Å². The van der Waals surface area contributed by atoms with Gasteiger partial charge >= 0.3 is 5.97 Å². The number of benzene rings is 1. The number of carboxylic acids is 1. The monoisotopic (exact) mass is 237 g/mol. The normalized spacial score (nSPS) is 11.5. The number of nitrogens with zero attached hydrogens (tertiary/aromatic N) is 1. The Morgan fingerprint density at radius 2 is 2.12 bits per heavy atom. The molecule has 0 spiro atoms. The number of carbonyl (C=O) groups is 1. The van der Waals surface area contributed by atoms with Crippen molar-refractivity contribution in [3.63, 3.8) is 0 Å². The van der Waals surface area contributed by atoms with Crippen LogP contribution < -0.4 is 0 Å². The number of rotatable bonds is 6. The smallest absolute Gasteiger partial charge is 0.330 e. The third-order valence-electron chi connectivity index (χ3n) is 1.88. The summed E-state index contributed by atoms with van der Waals surface area (Å²) >= 11 is 1.43. The van der Waals surface area contributed by atoms with E-state index in [0.717, 1.165) is 5.56 Å². The summed E-state index contributed by atoms with van der Waals surface area (Å²) in [6.45, 7) is 0. The molecule has 1 aromatic rings. The van der Waals surface area contributed by atoms with Gasteiger partial charge in [-0.15, -0.1) is 0 Å². The van der Waals surface area contributed by atoms with Crippen LogP contribution in [0.2, 0.25) is 0 Å². The van der Waals surface area contributed by atoms with Crippen molar-refractivity contribution in [2.24, 2.45) is 4.99 Å². The third kappa shape index (κ3) is 4.29. The molecule has 0 fully saturated rings. The van der Waals surface area contributed by atoms with Crippen LogP contribution in [-0.4, -0.2) is 29.0 Å². The van der Waals surface area contributed by atoms with E-state index in [4.69, 9.17) is 5.11 Å². The average Bonchev–Trinajstić information content (AvgIpc) is 2.29. The van der Waals surface area contributed by atoms with Crippen LogP contribution in [0.3, 0.4) is 0 Å². The van der Waals surface area contributed by atoms with Crippen molar-refractivity contribution in [1.82, 2.24) is 0 Å². The highest BCUT2D eigenvalue weighted by atomic mass is 32.2. The zero-order valence-corrected chi connectivity index (χ0v) is 9.31. The third-order valence-corrected chi connectivity index (χ3v) is 2.97. The van der Waals surface area contributed by atoms with E-state index in [2.05, 4.69) is 4.99 Å². The Morgan fingerprint density at radius 1 is 1.44 bits per heavy atom. The second kappa shape index (κ2) is 6.82. The van der Waals surface area contributed by atoms with Gasteiger partial charge in [-0.05, 0) is 5.56 Å². The topological polar surface area (TPSA) is 66.7 Å². The van der Waals surface area contributed by atoms with Gasteiger partial charge in [0.05, 0.1) is 0 Å². The predicted octanol–water partition coefficient (Wildman–Crippen LogP) is 1.71. The molecule has 0 aliphatic carbocycles. The first kappa shape index (κ1) is 12.5. The molecule has 5 heteroatoms. The highest BCUT2D eigenvalue weighted by Gasteiger charge is 2.15. The Bertz CT molecular complexity index is 385. The standard InChI is InChI=1S/C11H11NO3S/c13-8-12-10(11(14)15)7-16-6-9-4-2-1-3-5-9/h1-5,10H,6-7H2,(H,14,15). The van der Waals surface area contributed by atoms with Gasteiger partial charge in [0.1, 0.15) is 0 Å². The van der Waals surface area contributed by atoms with Gasteiger partial charge in [0.25, 0.3) is 0 Å². The zero-order chi connectivity index (χ0) is 11.8. The summed E-state index contributed by atoms with van der Waals surface area (Å²) in [4.78, 5) is 23.9. The second-order valence-electron chi connectivity index (χ2n) is 3.08. The van der Waals surface area contributed by atoms with E-state index in [1.807, 2.05) is 30.3 Å². The molecule has 0 heterocycles. The van der Waals surface area contributed by atoms with Crippen LogP contribution in [0.1, 0.15) is 5.56 Å². The first-order valence-electron chi connectivity index (χ1n) is 4.65. The Balaban J connectivity index is 2.39. The van der Waals surface area contributed by atoms with Gasteiger partial charge in [0.15, 0.2) is 6.04 Å². The number of carboxylic acid groups (broad SMARTS) is 1. The summed E-state index contributed by atoms with van der Waals surface area (Å²) in [6.07, 6.45) is 1.28. The fraction of sp³-hybridized carbons (Fsp3) is 0.273. The van der Waals surface area contributed by atoms with E-state index in [0.29, 0.717) is 5.75 Å². The lowest BCUT2D eigenvalue weighted by Gasteiger charge is -2.04. The molecule has 1 unspecified atom stereocenters. The van der Waals surface area contributed by atoms with Crippen LogP contribution in [0.4, 0.5) is 0 Å². The quantitative estimate of drug-likeness (QED) is 0.604. The maximum Gasteiger partial charge on any atom is 0.330 e. The number of hydrogen-bond donors (Lipinski definition) is 1. The summed E-state index contributed by atoms with van der Waals surface area (Å²) in [5.41, 5.74) is 1.12. The summed E-state index contributed by atoms with van der Waals surface area (Å²) in [5.74, 6) is -0.109. The van der Waals surface area contributed by atoms with Gasteiger partial charge in [-0.1, -0.05) is 30.3 Å². The number of aliphatic imine (C=N–C) groups is 1. The van der Waals surface area contributed by atoms with E-state index in [1.165, 1.54) is 17.8 Å². The van der Waals surface area contributed by atoms with E-state index in [-0.39, 0.29) is 5.75 Å². The average molecular weight is 237 g/mol. The molecule has 1 aromatic carbocycles. The van der Waals surface area contributed by atoms with Gasteiger partial charge in [0.2, 0.25) is 6.08 Å². The zero-order valence-electron chi connectivity index (χ0n) is 8.50. The maximum atomic E-state index is 10.6. The molecule has 0 amide bonds. The first-order valence-corrected chi connectivity index (χ1v) is 5.81. The molecule has 0 aliphatic heterocycles. The Labute approximate surface area is 97.4 Å². The van der Waals surface area contributed by atoms with Crippen LogP contribution in [0.5, 0.6) is 0 Å². The summed E-state index contributed by atoms with van der Waals surface area (Å²) in [7, 11) is 0. The number of carbonyl (C=O) groups excluding carboxylic acids is 1. The van der Waals surface area contributed by atoms with Crippen molar-refractivity contribution in [3.8, 4) is 0 Å². The van der Waals surface area contributed by atoms with Crippen LogP contribution in [0.25, 0.3) is 0 Å². The van der Waals surface area contributed by atoms with E-state index in [9.17, 15) is 9.59 Å². The van der Waals surface area contributed by atoms with Crippen LogP contribution in [0.15, 0.2) is 35.3 Å². The number of isocyanates is 1. The largest absolute Gasteiger partial charge is 0.480 e. The van der Waals surface area contributed by atoms with Gasteiger partial charge in [-0.25, -0.2) is 9.59 Å². The van der Waals surface area contributed by atoms with Crippen molar-refractivity contribution >= 4 is 23.8 Å². The molecule has 0 saturated carbocycles. The van der Waals surface area contributed by atoms with Crippen molar-refractivity contribution in [2.75, 3.05) is 5.75 Å². The summed E-state index contributed by atoms with van der Waals surface area (Å²) in [5, 5.41) is 8.72. The Kier molecular flexibility index (Phi) is 5.32. The van der Waals surface area contributed by atoms with Crippen molar-refractivity contribution in [2.45, 2.75) is 11.8 Å². The molecule has 4 nitrogen and oxygen atoms in total. The van der Waals surface area contributed by atoms with E-state index in [1.54, 1.807) is 0 Å². The number of aliphatic carboxylic acids is 1. The maximum absolute atomic E-state index is 10.6. The molecule has 0 radical (unpaired) electrons. The minimum Gasteiger partial charge on any atom is -0.480 e. The van der Waals surface area contributed by atoms with E-state index < -0.39 is 12.0 Å². The fourth-order valence-corrected chi connectivity index (χ4v) is 2.08. The highest BCUT2D eigenvalue weighted by Crippen LogP contribution is 2.13. The van der Waals surface area contributed by atoms with E-state index >= 15 is 0 Å². The lowest BCUT2D eigenvalue weighted by molar-refractivity contribution is -0.137. The van der Waals surface area contributed by atoms with Crippen LogP contribution in [-0.2, 0) is 15.3 Å². The summed E-state index contributed by atoms with van der Waals surface area (Å²) in [6, 6.07) is 8.70.